The molecular formula is C16H21NO3. The van der Waals surface area contributed by atoms with Crippen molar-refractivity contribution in [1.29, 1.82) is 0 Å². The van der Waals surface area contributed by atoms with Crippen LogP contribution in [-0.2, 0) is 4.79 Å². The average molecular weight is 275 g/mol. The number of hydrogen-bond donors (Lipinski definition) is 3. The zero-order valence-corrected chi connectivity index (χ0v) is 11.5. The monoisotopic (exact) mass is 275 g/mol. The highest BCUT2D eigenvalue weighted by molar-refractivity contribution is 5.91. The average Bonchev–Trinajstić information content (AvgIpc) is 2.47. The van der Waals surface area contributed by atoms with Crippen LogP contribution in [0, 0.1) is 5.92 Å². The van der Waals surface area contributed by atoms with Crippen LogP contribution in [0.3, 0.4) is 0 Å². The Balaban J connectivity index is 1.89. The fourth-order valence-electron chi connectivity index (χ4n) is 2.60. The molecule has 4 heteroatoms. The maximum Gasteiger partial charge on any atom is 0.244 e. The molecule has 3 N–H and O–H groups in total. The molecule has 0 radical (unpaired) electrons. The molecule has 0 saturated heterocycles. The largest absolute Gasteiger partial charge is 0.508 e. The third-order valence-electron chi connectivity index (χ3n) is 3.79. The lowest BCUT2D eigenvalue weighted by molar-refractivity contribution is -0.117. The summed E-state index contributed by atoms with van der Waals surface area (Å²) in [6.07, 6.45) is 7.35. The minimum atomic E-state index is -0.136. The molecule has 0 spiro atoms. The molecule has 2 atom stereocenters. The fourth-order valence-corrected chi connectivity index (χ4v) is 2.60. The number of aliphatic hydroxyl groups excluding tert-OH is 1. The zero-order chi connectivity index (χ0) is 14.4. The van der Waals surface area contributed by atoms with Gasteiger partial charge in [0.05, 0.1) is 0 Å². The molecule has 1 fully saturated rings. The summed E-state index contributed by atoms with van der Waals surface area (Å²) in [7, 11) is 0. The third-order valence-corrected chi connectivity index (χ3v) is 3.79. The smallest absolute Gasteiger partial charge is 0.244 e. The highest BCUT2D eigenvalue weighted by Gasteiger charge is 2.25. The predicted molar refractivity (Wildman–Crippen MR) is 78.1 cm³/mol. The number of amides is 1. The van der Waals surface area contributed by atoms with E-state index < -0.39 is 0 Å². The van der Waals surface area contributed by atoms with Gasteiger partial charge in [0.2, 0.25) is 5.91 Å². The van der Waals surface area contributed by atoms with E-state index in [0.717, 1.165) is 31.2 Å². The molecule has 1 aliphatic rings. The van der Waals surface area contributed by atoms with Crippen LogP contribution in [0.2, 0.25) is 0 Å². The first-order valence-electron chi connectivity index (χ1n) is 7.07. The van der Waals surface area contributed by atoms with Gasteiger partial charge < -0.3 is 15.5 Å². The minimum absolute atomic E-state index is 0.0747. The number of hydrogen-bond acceptors (Lipinski definition) is 3. The van der Waals surface area contributed by atoms with Crippen LogP contribution in [0.1, 0.15) is 31.2 Å². The molecule has 1 aromatic carbocycles. The summed E-state index contributed by atoms with van der Waals surface area (Å²) in [5, 5.41) is 21.5. The number of rotatable bonds is 4. The highest BCUT2D eigenvalue weighted by atomic mass is 16.3. The van der Waals surface area contributed by atoms with Crippen molar-refractivity contribution in [2.75, 3.05) is 6.61 Å². The number of aliphatic hydroxyl groups is 1. The van der Waals surface area contributed by atoms with E-state index in [9.17, 15) is 15.0 Å². The van der Waals surface area contributed by atoms with E-state index in [0.29, 0.717) is 0 Å². The molecule has 20 heavy (non-hydrogen) atoms. The Hall–Kier alpha value is -1.81. The molecule has 108 valence electrons. The van der Waals surface area contributed by atoms with Crippen molar-refractivity contribution >= 4 is 12.0 Å². The quantitative estimate of drug-likeness (QED) is 0.737. The number of benzene rings is 1. The van der Waals surface area contributed by atoms with Crippen LogP contribution in [-0.4, -0.2) is 28.8 Å². The summed E-state index contributed by atoms with van der Waals surface area (Å²) in [5.74, 6) is 0.248. The van der Waals surface area contributed by atoms with Gasteiger partial charge in [0, 0.05) is 24.6 Å². The number of carbonyl (C=O) groups excluding carboxylic acids is 1. The fraction of sp³-hybridized carbons (Fsp3) is 0.438. The summed E-state index contributed by atoms with van der Waals surface area (Å²) in [5.41, 5.74) is 0.861. The molecule has 1 aliphatic carbocycles. The lowest BCUT2D eigenvalue weighted by Crippen LogP contribution is -2.42. The van der Waals surface area contributed by atoms with Crippen molar-refractivity contribution in [1.82, 2.24) is 5.32 Å². The Morgan fingerprint density at radius 1 is 1.25 bits per heavy atom. The van der Waals surface area contributed by atoms with Crippen molar-refractivity contribution in [3.63, 3.8) is 0 Å². The lowest BCUT2D eigenvalue weighted by Gasteiger charge is -2.30. The number of aromatic hydroxyl groups is 1. The molecule has 0 aliphatic heterocycles. The topological polar surface area (TPSA) is 69.6 Å². The predicted octanol–water partition coefficient (Wildman–Crippen LogP) is 2.07. The Morgan fingerprint density at radius 3 is 2.65 bits per heavy atom. The Labute approximate surface area is 119 Å². The van der Waals surface area contributed by atoms with Gasteiger partial charge in [-0.2, -0.15) is 0 Å². The van der Waals surface area contributed by atoms with E-state index in [2.05, 4.69) is 5.32 Å². The second-order valence-electron chi connectivity index (χ2n) is 5.27. The van der Waals surface area contributed by atoms with Crippen LogP contribution in [0.25, 0.3) is 6.08 Å². The van der Waals surface area contributed by atoms with Crippen molar-refractivity contribution in [2.24, 2.45) is 5.92 Å². The van der Waals surface area contributed by atoms with E-state index in [1.807, 2.05) is 0 Å². The summed E-state index contributed by atoms with van der Waals surface area (Å²) in [6, 6.07) is 6.73. The van der Waals surface area contributed by atoms with Crippen LogP contribution in [0.5, 0.6) is 5.75 Å². The summed E-state index contributed by atoms with van der Waals surface area (Å²) in [4.78, 5) is 11.9. The zero-order valence-electron chi connectivity index (χ0n) is 11.5. The van der Waals surface area contributed by atoms with E-state index in [-0.39, 0.29) is 30.2 Å². The van der Waals surface area contributed by atoms with Crippen LogP contribution in [0.4, 0.5) is 0 Å². The number of nitrogens with one attached hydrogen (secondary N) is 1. The lowest BCUT2D eigenvalue weighted by atomic mass is 9.85. The van der Waals surface area contributed by atoms with Crippen molar-refractivity contribution in [3.8, 4) is 5.75 Å². The number of phenols is 1. The van der Waals surface area contributed by atoms with Gasteiger partial charge in [-0.05, 0) is 36.6 Å². The third kappa shape index (κ3) is 4.10. The Bertz CT molecular complexity index is 467. The number of carbonyl (C=O) groups is 1. The van der Waals surface area contributed by atoms with Gasteiger partial charge in [-0.15, -0.1) is 0 Å². The molecule has 1 amide bonds. The van der Waals surface area contributed by atoms with Crippen LogP contribution >= 0.6 is 0 Å². The van der Waals surface area contributed by atoms with Gasteiger partial charge in [0.1, 0.15) is 5.75 Å². The maximum atomic E-state index is 11.9. The molecule has 1 saturated carbocycles. The van der Waals surface area contributed by atoms with Gasteiger partial charge in [0.25, 0.3) is 0 Å². The van der Waals surface area contributed by atoms with Crippen LogP contribution < -0.4 is 5.32 Å². The standard InChI is InChI=1S/C16H21NO3/c18-11-13-3-1-2-4-15(13)17-16(20)10-7-12-5-8-14(19)9-6-12/h5-10,13,15,18-19H,1-4,11H2,(H,17,20)/b10-7+. The first-order valence-corrected chi connectivity index (χ1v) is 7.07. The minimum Gasteiger partial charge on any atom is -0.508 e. The number of phenolic OH excluding ortho intramolecular Hbond substituents is 1. The molecule has 4 nitrogen and oxygen atoms in total. The first kappa shape index (κ1) is 14.6. The molecule has 2 rings (SSSR count). The second kappa shape index (κ2) is 7.10. The Kier molecular flexibility index (Phi) is 5.18. The summed E-state index contributed by atoms with van der Waals surface area (Å²) in [6.45, 7) is 0.132. The van der Waals surface area contributed by atoms with Gasteiger partial charge in [-0.3, -0.25) is 4.79 Å². The van der Waals surface area contributed by atoms with Gasteiger partial charge in [0.15, 0.2) is 0 Å². The van der Waals surface area contributed by atoms with Crippen molar-refractivity contribution in [3.05, 3.63) is 35.9 Å². The molecule has 0 heterocycles. The molecule has 1 aromatic rings. The van der Waals surface area contributed by atoms with Crippen molar-refractivity contribution in [2.45, 2.75) is 31.7 Å². The Morgan fingerprint density at radius 2 is 1.95 bits per heavy atom. The highest BCUT2D eigenvalue weighted by Crippen LogP contribution is 2.23. The van der Waals surface area contributed by atoms with Gasteiger partial charge in [-0.1, -0.05) is 25.0 Å². The summed E-state index contributed by atoms with van der Waals surface area (Å²) < 4.78 is 0. The molecule has 2 unspecified atom stereocenters. The molecule has 0 bridgehead atoms. The SMILES string of the molecule is O=C(/C=C/c1ccc(O)cc1)NC1CCCCC1CO. The van der Waals surface area contributed by atoms with E-state index in [4.69, 9.17) is 0 Å². The van der Waals surface area contributed by atoms with E-state index >= 15 is 0 Å². The second-order valence-corrected chi connectivity index (χ2v) is 5.27. The van der Waals surface area contributed by atoms with Gasteiger partial charge in [-0.25, -0.2) is 0 Å². The molecule has 0 aromatic heterocycles. The normalized spacial score (nSPS) is 22.9. The van der Waals surface area contributed by atoms with Crippen molar-refractivity contribution < 1.29 is 15.0 Å². The van der Waals surface area contributed by atoms with E-state index in [1.54, 1.807) is 30.3 Å². The first-order chi connectivity index (χ1) is 9.69. The van der Waals surface area contributed by atoms with Crippen LogP contribution in [0.15, 0.2) is 30.3 Å². The summed E-state index contributed by atoms with van der Waals surface area (Å²) >= 11 is 0. The maximum absolute atomic E-state index is 11.9. The van der Waals surface area contributed by atoms with E-state index in [1.165, 1.54) is 6.08 Å². The molecular weight excluding hydrogens is 254 g/mol. The van der Waals surface area contributed by atoms with Gasteiger partial charge >= 0.3 is 0 Å².